The predicted molar refractivity (Wildman–Crippen MR) is 52.3 cm³/mol. The van der Waals surface area contributed by atoms with Crippen LogP contribution in [0.25, 0.3) is 0 Å². The Morgan fingerprint density at radius 2 is 2.21 bits per heavy atom. The van der Waals surface area contributed by atoms with Gasteiger partial charge in [-0.25, -0.2) is 4.79 Å². The van der Waals surface area contributed by atoms with E-state index in [0.717, 1.165) is 17.4 Å². The van der Waals surface area contributed by atoms with Gasteiger partial charge in [-0.1, -0.05) is 12.1 Å². The van der Waals surface area contributed by atoms with Gasteiger partial charge in [0, 0.05) is 6.42 Å². The SMILES string of the molecule is COC(=O)c1cccc(CC=O)c1C. The molecule has 0 aliphatic carbocycles. The molecule has 0 aromatic heterocycles. The van der Waals surface area contributed by atoms with Crippen molar-refractivity contribution in [3.05, 3.63) is 34.9 Å². The minimum absolute atomic E-state index is 0.330. The molecular formula is C11H12O3. The van der Waals surface area contributed by atoms with E-state index in [2.05, 4.69) is 4.74 Å². The van der Waals surface area contributed by atoms with Crippen molar-refractivity contribution in [2.45, 2.75) is 13.3 Å². The Hall–Kier alpha value is -1.64. The fourth-order valence-corrected chi connectivity index (χ4v) is 1.33. The average Bonchev–Trinajstić information content (AvgIpc) is 2.20. The summed E-state index contributed by atoms with van der Waals surface area (Å²) in [5.41, 5.74) is 2.20. The van der Waals surface area contributed by atoms with Gasteiger partial charge in [0.1, 0.15) is 6.29 Å². The van der Waals surface area contributed by atoms with Gasteiger partial charge < -0.3 is 9.53 Å². The summed E-state index contributed by atoms with van der Waals surface area (Å²) in [4.78, 5) is 21.6. The van der Waals surface area contributed by atoms with Crippen LogP contribution in [0.5, 0.6) is 0 Å². The van der Waals surface area contributed by atoms with Gasteiger partial charge in [0.15, 0.2) is 0 Å². The van der Waals surface area contributed by atoms with Gasteiger partial charge in [0.05, 0.1) is 12.7 Å². The third-order valence-corrected chi connectivity index (χ3v) is 2.15. The van der Waals surface area contributed by atoms with Gasteiger partial charge in [-0.05, 0) is 24.1 Å². The quantitative estimate of drug-likeness (QED) is 0.538. The number of hydrogen-bond acceptors (Lipinski definition) is 3. The van der Waals surface area contributed by atoms with Crippen LogP contribution in [-0.4, -0.2) is 19.4 Å². The summed E-state index contributed by atoms with van der Waals surface area (Å²) in [6, 6.07) is 5.27. The number of hydrogen-bond donors (Lipinski definition) is 0. The van der Waals surface area contributed by atoms with Crippen LogP contribution in [0, 0.1) is 6.92 Å². The van der Waals surface area contributed by atoms with Gasteiger partial charge >= 0.3 is 5.97 Å². The smallest absolute Gasteiger partial charge is 0.338 e. The molecule has 3 nitrogen and oxygen atoms in total. The van der Waals surface area contributed by atoms with E-state index >= 15 is 0 Å². The monoisotopic (exact) mass is 192 g/mol. The fourth-order valence-electron chi connectivity index (χ4n) is 1.33. The average molecular weight is 192 g/mol. The molecule has 0 N–H and O–H groups in total. The first kappa shape index (κ1) is 10.4. The highest BCUT2D eigenvalue weighted by Gasteiger charge is 2.10. The van der Waals surface area contributed by atoms with Gasteiger partial charge in [0.25, 0.3) is 0 Å². The van der Waals surface area contributed by atoms with Crippen molar-refractivity contribution in [3.63, 3.8) is 0 Å². The Balaban J connectivity index is 3.13. The molecule has 0 saturated carbocycles. The predicted octanol–water partition coefficient (Wildman–Crippen LogP) is 1.52. The number of methoxy groups -OCH3 is 1. The molecule has 1 rings (SSSR count). The molecule has 0 amide bonds. The second kappa shape index (κ2) is 4.56. The number of benzene rings is 1. The summed E-state index contributed by atoms with van der Waals surface area (Å²) in [6.45, 7) is 1.81. The van der Waals surface area contributed by atoms with Gasteiger partial charge in [-0.3, -0.25) is 0 Å². The number of esters is 1. The molecule has 0 saturated heterocycles. The van der Waals surface area contributed by atoms with Crippen molar-refractivity contribution in [2.75, 3.05) is 7.11 Å². The molecule has 3 heteroatoms. The molecule has 0 unspecified atom stereocenters. The molecule has 0 aliphatic rings. The zero-order chi connectivity index (χ0) is 10.6. The third kappa shape index (κ3) is 1.99. The standard InChI is InChI=1S/C11H12O3/c1-8-9(6-7-12)4-3-5-10(8)11(13)14-2/h3-5,7H,6H2,1-2H3. The highest BCUT2D eigenvalue weighted by atomic mass is 16.5. The van der Waals surface area contributed by atoms with Gasteiger partial charge in [-0.15, -0.1) is 0 Å². The van der Waals surface area contributed by atoms with E-state index in [1.165, 1.54) is 7.11 Å². The van der Waals surface area contributed by atoms with E-state index in [4.69, 9.17) is 0 Å². The summed E-state index contributed by atoms with van der Waals surface area (Å²) in [5.74, 6) is -0.366. The van der Waals surface area contributed by atoms with E-state index in [9.17, 15) is 9.59 Å². The largest absolute Gasteiger partial charge is 0.465 e. The molecular weight excluding hydrogens is 180 g/mol. The second-order valence-electron chi connectivity index (χ2n) is 2.95. The first-order valence-corrected chi connectivity index (χ1v) is 4.31. The van der Waals surface area contributed by atoms with Crippen LogP contribution >= 0.6 is 0 Å². The molecule has 0 heterocycles. The number of ether oxygens (including phenoxy) is 1. The fraction of sp³-hybridized carbons (Fsp3) is 0.273. The summed E-state index contributed by atoms with van der Waals surface area (Å²) in [5, 5.41) is 0. The highest BCUT2D eigenvalue weighted by molar-refractivity contribution is 5.91. The Morgan fingerprint density at radius 1 is 1.50 bits per heavy atom. The molecule has 0 aliphatic heterocycles. The molecule has 0 radical (unpaired) electrons. The van der Waals surface area contributed by atoms with Crippen LogP contribution in [0.2, 0.25) is 0 Å². The highest BCUT2D eigenvalue weighted by Crippen LogP contribution is 2.14. The number of carbonyl (C=O) groups is 2. The Bertz CT molecular complexity index is 356. The normalized spacial score (nSPS) is 9.57. The number of aldehydes is 1. The maximum atomic E-state index is 11.3. The van der Waals surface area contributed by atoms with E-state index < -0.39 is 0 Å². The van der Waals surface area contributed by atoms with Crippen LogP contribution in [-0.2, 0) is 16.0 Å². The van der Waals surface area contributed by atoms with E-state index in [0.29, 0.717) is 12.0 Å². The number of carbonyl (C=O) groups excluding carboxylic acids is 2. The zero-order valence-corrected chi connectivity index (χ0v) is 8.24. The van der Waals surface area contributed by atoms with Crippen LogP contribution < -0.4 is 0 Å². The van der Waals surface area contributed by atoms with Crippen molar-refractivity contribution in [1.29, 1.82) is 0 Å². The first-order valence-electron chi connectivity index (χ1n) is 4.31. The maximum absolute atomic E-state index is 11.3. The summed E-state index contributed by atoms with van der Waals surface area (Å²) >= 11 is 0. The number of rotatable bonds is 3. The lowest BCUT2D eigenvalue weighted by Gasteiger charge is -2.07. The molecule has 0 spiro atoms. The van der Waals surface area contributed by atoms with Gasteiger partial charge in [0.2, 0.25) is 0 Å². The Morgan fingerprint density at radius 3 is 2.79 bits per heavy atom. The molecule has 14 heavy (non-hydrogen) atoms. The summed E-state index contributed by atoms with van der Waals surface area (Å²) in [7, 11) is 1.34. The van der Waals surface area contributed by atoms with E-state index in [-0.39, 0.29) is 5.97 Å². The van der Waals surface area contributed by atoms with E-state index in [1.807, 2.05) is 13.0 Å². The van der Waals surface area contributed by atoms with E-state index in [1.54, 1.807) is 12.1 Å². The van der Waals surface area contributed by atoms with Crippen molar-refractivity contribution < 1.29 is 14.3 Å². The zero-order valence-electron chi connectivity index (χ0n) is 8.24. The minimum atomic E-state index is -0.366. The van der Waals surface area contributed by atoms with Crippen molar-refractivity contribution in [2.24, 2.45) is 0 Å². The van der Waals surface area contributed by atoms with Gasteiger partial charge in [-0.2, -0.15) is 0 Å². The Kier molecular flexibility index (Phi) is 3.40. The molecule has 0 bridgehead atoms. The molecule has 1 aromatic carbocycles. The van der Waals surface area contributed by atoms with Crippen molar-refractivity contribution in [3.8, 4) is 0 Å². The molecule has 74 valence electrons. The second-order valence-corrected chi connectivity index (χ2v) is 2.95. The first-order chi connectivity index (χ1) is 6.70. The summed E-state index contributed by atoms with van der Waals surface area (Å²) in [6.07, 6.45) is 1.15. The summed E-state index contributed by atoms with van der Waals surface area (Å²) < 4.78 is 4.62. The van der Waals surface area contributed by atoms with Crippen molar-refractivity contribution >= 4 is 12.3 Å². The third-order valence-electron chi connectivity index (χ3n) is 2.15. The lowest BCUT2D eigenvalue weighted by Crippen LogP contribution is -2.05. The lowest BCUT2D eigenvalue weighted by molar-refractivity contribution is -0.107. The van der Waals surface area contributed by atoms with Crippen LogP contribution in [0.4, 0.5) is 0 Å². The molecule has 0 fully saturated rings. The Labute approximate surface area is 82.7 Å². The lowest BCUT2D eigenvalue weighted by atomic mass is 10.0. The van der Waals surface area contributed by atoms with Crippen LogP contribution in [0.1, 0.15) is 21.5 Å². The molecule has 0 atom stereocenters. The molecule has 1 aromatic rings. The minimum Gasteiger partial charge on any atom is -0.465 e. The maximum Gasteiger partial charge on any atom is 0.338 e. The van der Waals surface area contributed by atoms with Crippen LogP contribution in [0.15, 0.2) is 18.2 Å². The van der Waals surface area contributed by atoms with Crippen molar-refractivity contribution in [1.82, 2.24) is 0 Å². The van der Waals surface area contributed by atoms with Crippen LogP contribution in [0.3, 0.4) is 0 Å². The topological polar surface area (TPSA) is 43.4 Å².